The van der Waals surface area contributed by atoms with Gasteiger partial charge in [-0.3, -0.25) is 14.4 Å². The summed E-state index contributed by atoms with van der Waals surface area (Å²) in [7, 11) is -1.21. The fraction of sp³-hybridized carbons (Fsp3) is 0.397. The van der Waals surface area contributed by atoms with E-state index in [9.17, 15) is 24.0 Å². The van der Waals surface area contributed by atoms with Crippen molar-refractivity contribution in [2.24, 2.45) is 11.8 Å². The summed E-state index contributed by atoms with van der Waals surface area (Å²) in [5.74, 6) is -3.61. The third kappa shape index (κ3) is 12.7. The van der Waals surface area contributed by atoms with Gasteiger partial charge in [0.1, 0.15) is 24.7 Å². The highest BCUT2D eigenvalue weighted by molar-refractivity contribution is 8.00. The van der Waals surface area contributed by atoms with E-state index in [0.717, 1.165) is 38.9 Å². The molecule has 382 valence electrons. The van der Waals surface area contributed by atoms with Crippen LogP contribution in [0, 0.1) is 11.8 Å². The van der Waals surface area contributed by atoms with Gasteiger partial charge in [-0.05, 0) is 75.8 Å². The molecule has 5 atom stereocenters. The number of ether oxygens (including phenoxy) is 2. The maximum Gasteiger partial charge on any atom is 0.407 e. The van der Waals surface area contributed by atoms with E-state index in [0.29, 0.717) is 0 Å². The average Bonchev–Trinajstić information content (AvgIpc) is 3.68. The number of alkyl carbamates (subject to hydrolysis) is 1. The molecule has 0 spiro atoms. The summed E-state index contributed by atoms with van der Waals surface area (Å²) in [6.07, 6.45) is -1.56. The number of carbonyl (C=O) groups is 5. The lowest BCUT2D eigenvalue weighted by Gasteiger charge is -2.40. The van der Waals surface area contributed by atoms with Gasteiger partial charge >= 0.3 is 12.1 Å². The fourth-order valence-electron chi connectivity index (χ4n) is 8.96. The molecule has 0 unspecified atom stereocenters. The van der Waals surface area contributed by atoms with Gasteiger partial charge < -0.3 is 35.2 Å². The van der Waals surface area contributed by atoms with Crippen LogP contribution in [0.3, 0.4) is 0 Å². The Morgan fingerprint density at radius 2 is 0.986 bits per heavy atom. The largest absolute Gasteiger partial charge is 0.467 e. The van der Waals surface area contributed by atoms with Gasteiger partial charge in [-0.2, -0.15) is 0 Å². The number of hydrogen-bond donors (Lipinski definition) is 4. The van der Waals surface area contributed by atoms with E-state index in [1.54, 1.807) is 34.6 Å². The van der Waals surface area contributed by atoms with Crippen molar-refractivity contribution >= 4 is 49.9 Å². The zero-order chi connectivity index (χ0) is 52.4. The molecule has 1 aliphatic rings. The summed E-state index contributed by atoms with van der Waals surface area (Å²) in [5.41, 5.74) is 7.12. The number of carbonyl (C=O) groups excluding carboxylic acids is 5. The molecule has 0 aromatic heterocycles. The topological polar surface area (TPSA) is 161 Å². The van der Waals surface area contributed by atoms with Crippen molar-refractivity contribution in [2.45, 2.75) is 114 Å². The van der Waals surface area contributed by atoms with E-state index in [2.05, 4.69) is 67.3 Å². The Balaban J connectivity index is 1.28. The molecule has 4 N–H and O–H groups in total. The summed E-state index contributed by atoms with van der Waals surface area (Å²) < 4.78 is 16.8. The van der Waals surface area contributed by atoms with E-state index >= 15 is 0 Å². The van der Waals surface area contributed by atoms with Crippen molar-refractivity contribution in [1.82, 2.24) is 21.3 Å². The predicted molar refractivity (Wildman–Crippen MR) is 289 cm³/mol. The lowest BCUT2D eigenvalue weighted by atomic mass is 9.84. The van der Waals surface area contributed by atoms with Crippen molar-refractivity contribution in [2.75, 3.05) is 19.5 Å². The first-order valence-electron chi connectivity index (χ1n) is 24.8. The van der Waals surface area contributed by atoms with Gasteiger partial charge in [-0.25, -0.2) is 9.59 Å². The molecule has 1 aliphatic carbocycles. The zero-order valence-corrected chi connectivity index (χ0v) is 45.3. The summed E-state index contributed by atoms with van der Waals surface area (Å²) >= 11 is 1.46. The minimum absolute atomic E-state index is 0.0122. The van der Waals surface area contributed by atoms with Crippen LogP contribution in [0.4, 0.5) is 4.79 Å². The molecular weight excluding hydrogens is 941 g/mol. The van der Waals surface area contributed by atoms with Gasteiger partial charge in [0.25, 0.3) is 0 Å². The summed E-state index contributed by atoms with van der Waals surface area (Å²) in [5, 5.41) is 11.4. The Bertz CT molecular complexity index is 2500. The highest BCUT2D eigenvalue weighted by Gasteiger charge is 2.44. The average molecular weight is 1010 g/mol. The van der Waals surface area contributed by atoms with Crippen molar-refractivity contribution in [1.29, 1.82) is 0 Å². The van der Waals surface area contributed by atoms with Crippen LogP contribution in [-0.4, -0.2) is 87.8 Å². The summed E-state index contributed by atoms with van der Waals surface area (Å²) in [6, 6.07) is 41.3. The van der Waals surface area contributed by atoms with Crippen LogP contribution < -0.4 is 21.3 Å². The number of fused-ring (bicyclic) bond motifs is 3. The Kier molecular flexibility index (Phi) is 18.4. The lowest BCUT2D eigenvalue weighted by Crippen LogP contribution is -2.61. The van der Waals surface area contributed by atoms with Gasteiger partial charge in [0.05, 0.1) is 18.0 Å². The lowest BCUT2D eigenvalue weighted by molar-refractivity contribution is -0.148. The highest BCUT2D eigenvalue weighted by atomic mass is 32.2. The molecule has 5 aromatic carbocycles. The number of hydrogen-bond acceptors (Lipinski definition) is 9. The van der Waals surface area contributed by atoms with Gasteiger partial charge in [-0.1, -0.05) is 188 Å². The molecule has 6 rings (SSSR count). The quantitative estimate of drug-likeness (QED) is 0.0319. The number of rotatable bonds is 21. The first-order chi connectivity index (χ1) is 34.2. The van der Waals surface area contributed by atoms with Crippen molar-refractivity contribution in [3.05, 3.63) is 167 Å². The first-order valence-corrected chi connectivity index (χ1v) is 28.7. The second-order valence-electron chi connectivity index (χ2n) is 20.7. The van der Waals surface area contributed by atoms with Crippen molar-refractivity contribution in [3.8, 4) is 11.1 Å². The molecule has 0 saturated heterocycles. The summed E-state index contributed by atoms with van der Waals surface area (Å²) in [4.78, 5) is 71.2. The van der Waals surface area contributed by atoms with E-state index in [1.807, 2.05) is 127 Å². The molecule has 12 nitrogen and oxygen atoms in total. The minimum atomic E-state index is -2.46. The first kappa shape index (κ1) is 55.1. The molecule has 0 radical (unpaired) electrons. The molecule has 72 heavy (non-hydrogen) atoms. The van der Waals surface area contributed by atoms with Crippen LogP contribution >= 0.6 is 11.8 Å². The van der Waals surface area contributed by atoms with Crippen LogP contribution in [0.25, 0.3) is 11.1 Å². The Hall–Kier alpha value is -6.22. The van der Waals surface area contributed by atoms with Crippen LogP contribution in [0.1, 0.15) is 89.1 Å². The molecule has 0 saturated carbocycles. The van der Waals surface area contributed by atoms with E-state index in [4.69, 9.17) is 13.9 Å². The molecular formula is C58H72N4O8SSi. The number of methoxy groups -OCH3 is 1. The van der Waals surface area contributed by atoms with E-state index < -0.39 is 85.0 Å². The number of thioether (sulfide) groups is 1. The van der Waals surface area contributed by atoms with Crippen molar-refractivity contribution in [3.63, 3.8) is 0 Å². The van der Waals surface area contributed by atoms with Gasteiger partial charge in [0.15, 0.2) is 14.4 Å². The predicted octanol–water partition coefficient (Wildman–Crippen LogP) is 9.97. The normalized spacial score (nSPS) is 14.7. The third-order valence-corrected chi connectivity index (χ3v) is 20.2. The maximum atomic E-state index is 15.0. The molecule has 0 bridgehead atoms. The number of nitrogens with one attached hydrogen (secondary N) is 4. The third-order valence-electron chi connectivity index (χ3n) is 14.0. The standard InChI is InChI=1S/C58H72N4O8SSi/c1-37(2)49(60-54(65)50(38(3)4)62-56(67)69-35-47-45-33-23-21-31-43(45)44-32-22-24-34-46(44)47)53(64)59-48(52(63)61-51(55(66)68-9)39(5)70-72(10,11)57(6,7)8)36-71-58(40-25-15-12-16-26-40,41-27-17-13-18-28-41)42-29-19-14-20-30-42/h12-34,37-39,47-51H,35-36H2,1-11H3,(H,59,64)(H,60,65)(H,61,63)(H,62,67)/t39-,48-,49-,50-,51+/m1/s1. The monoisotopic (exact) mass is 1010 g/mol. The molecule has 14 heteroatoms. The maximum absolute atomic E-state index is 15.0. The van der Waals surface area contributed by atoms with Crippen LogP contribution in [-0.2, 0) is 37.8 Å². The Morgan fingerprint density at radius 3 is 1.43 bits per heavy atom. The van der Waals surface area contributed by atoms with Crippen molar-refractivity contribution < 1.29 is 37.9 Å². The molecule has 0 fully saturated rings. The Labute approximate surface area is 431 Å². The summed E-state index contributed by atoms with van der Waals surface area (Å²) in [6.45, 7) is 19.3. The van der Waals surface area contributed by atoms with Crippen LogP contribution in [0.5, 0.6) is 0 Å². The minimum Gasteiger partial charge on any atom is -0.467 e. The van der Waals surface area contributed by atoms with Crippen LogP contribution in [0.2, 0.25) is 18.1 Å². The smallest absolute Gasteiger partial charge is 0.407 e. The molecule has 5 aromatic rings. The van der Waals surface area contributed by atoms with Gasteiger partial charge in [0.2, 0.25) is 17.7 Å². The molecule has 4 amide bonds. The fourth-order valence-corrected chi connectivity index (χ4v) is 11.9. The second-order valence-corrected chi connectivity index (χ2v) is 26.7. The number of amides is 4. The van der Waals surface area contributed by atoms with E-state index in [-0.39, 0.29) is 23.3 Å². The van der Waals surface area contributed by atoms with Crippen LogP contribution in [0.15, 0.2) is 140 Å². The highest BCUT2D eigenvalue weighted by Crippen LogP contribution is 2.49. The SMILES string of the molecule is COC(=O)[C@@H](NC(=O)[C@@H](CSC(c1ccccc1)(c1ccccc1)c1ccccc1)NC(=O)[C@H](NC(=O)[C@H](NC(=O)OCC1c2ccccc2-c2ccccc21)C(C)C)C(C)C)[C@@H](C)O[Si](C)(C)C(C)(C)C. The number of benzene rings is 5. The molecule has 0 aliphatic heterocycles. The van der Waals surface area contributed by atoms with Gasteiger partial charge in [0, 0.05) is 11.7 Å². The van der Waals surface area contributed by atoms with Gasteiger partial charge in [-0.15, -0.1) is 11.8 Å². The Morgan fingerprint density at radius 1 is 0.569 bits per heavy atom. The zero-order valence-electron chi connectivity index (χ0n) is 43.5. The van der Waals surface area contributed by atoms with E-state index in [1.165, 1.54) is 18.9 Å². The molecule has 0 heterocycles. The number of esters is 1. The second kappa shape index (κ2) is 24.0.